The molecule has 0 bridgehead atoms. The molecule has 0 aromatic heterocycles. The van der Waals surface area contributed by atoms with Gasteiger partial charge in [-0.3, -0.25) is 0 Å². The van der Waals surface area contributed by atoms with Gasteiger partial charge in [-0.1, -0.05) is 31.5 Å². The van der Waals surface area contributed by atoms with E-state index in [1.54, 1.807) is 12.1 Å². The average molecular weight is 294 g/mol. The summed E-state index contributed by atoms with van der Waals surface area (Å²) in [6.07, 6.45) is 4.76. The van der Waals surface area contributed by atoms with Crippen LogP contribution in [0, 0.1) is 34.4 Å². The van der Waals surface area contributed by atoms with Crippen molar-refractivity contribution in [2.75, 3.05) is 0 Å². The lowest BCUT2D eigenvalue weighted by Gasteiger charge is -2.36. The average Bonchev–Trinajstić information content (AvgIpc) is 2.43. The van der Waals surface area contributed by atoms with Crippen molar-refractivity contribution in [1.29, 1.82) is 5.26 Å². The number of hydrogen-bond donors (Lipinski definition) is 0. The zero-order valence-corrected chi connectivity index (χ0v) is 12.9. The minimum absolute atomic E-state index is 0.145. The van der Waals surface area contributed by atoms with Crippen LogP contribution in [0.1, 0.15) is 45.1 Å². The van der Waals surface area contributed by atoms with Gasteiger partial charge in [0, 0.05) is 0 Å². The highest BCUT2D eigenvalue weighted by Crippen LogP contribution is 2.43. The van der Waals surface area contributed by atoms with Gasteiger partial charge < -0.3 is 0 Å². The maximum absolute atomic E-state index is 13.2. The second-order valence-corrected chi connectivity index (χ2v) is 6.81. The van der Waals surface area contributed by atoms with Crippen molar-refractivity contribution in [1.82, 2.24) is 0 Å². The largest absolute Gasteiger partial charge is 0.205 e. The van der Waals surface area contributed by atoms with Crippen molar-refractivity contribution in [3.8, 4) is 6.07 Å². The highest BCUT2D eigenvalue weighted by molar-refractivity contribution is 6.30. The number of nitrogens with zero attached hydrogens (tertiary/aromatic N) is 1. The summed E-state index contributed by atoms with van der Waals surface area (Å²) in [6.45, 7) is 4.51. The summed E-state index contributed by atoms with van der Waals surface area (Å²) in [5.41, 5.74) is 0.660. The zero-order valence-electron chi connectivity index (χ0n) is 12.1. The van der Waals surface area contributed by atoms with Gasteiger partial charge in [0.25, 0.3) is 0 Å². The highest BCUT2D eigenvalue weighted by atomic mass is 35.5. The molecule has 1 aromatic rings. The molecule has 1 fully saturated rings. The molecule has 0 saturated heterocycles. The monoisotopic (exact) mass is 293 g/mol. The van der Waals surface area contributed by atoms with E-state index in [4.69, 9.17) is 11.6 Å². The van der Waals surface area contributed by atoms with Gasteiger partial charge in [0.05, 0.1) is 16.5 Å². The van der Waals surface area contributed by atoms with Gasteiger partial charge in [0.2, 0.25) is 0 Å². The van der Waals surface area contributed by atoms with Crippen LogP contribution in [0.5, 0.6) is 0 Å². The fourth-order valence-corrected chi connectivity index (χ4v) is 3.43. The molecule has 0 amide bonds. The normalized spacial score (nSPS) is 26.5. The highest BCUT2D eigenvalue weighted by Gasteiger charge is 2.36. The number of hydrogen-bond acceptors (Lipinski definition) is 1. The van der Waals surface area contributed by atoms with Crippen molar-refractivity contribution in [2.24, 2.45) is 17.3 Å². The van der Waals surface area contributed by atoms with E-state index in [1.165, 1.54) is 6.07 Å². The molecule has 0 N–H and O–H groups in total. The molecule has 0 radical (unpaired) electrons. The molecule has 0 aliphatic heterocycles. The molecule has 1 saturated carbocycles. The minimum atomic E-state index is -0.398. The summed E-state index contributed by atoms with van der Waals surface area (Å²) in [6, 6.07) is 7.32. The van der Waals surface area contributed by atoms with Crippen LogP contribution in [-0.2, 0) is 6.42 Å². The van der Waals surface area contributed by atoms with Crippen LogP contribution >= 0.6 is 11.6 Å². The minimum Gasteiger partial charge on any atom is -0.205 e. The number of nitriles is 1. The second kappa shape index (κ2) is 6.14. The Bertz CT molecular complexity index is 510. The second-order valence-electron chi connectivity index (χ2n) is 6.40. The van der Waals surface area contributed by atoms with Gasteiger partial charge in [-0.15, -0.1) is 0 Å². The maximum atomic E-state index is 13.2. The summed E-state index contributed by atoms with van der Waals surface area (Å²) in [5.74, 6) is 1.02. The summed E-state index contributed by atoms with van der Waals surface area (Å²) in [5, 5.41) is 9.74. The van der Waals surface area contributed by atoms with Crippen molar-refractivity contribution in [3.05, 3.63) is 34.6 Å². The van der Waals surface area contributed by atoms with Crippen LogP contribution < -0.4 is 0 Å². The Morgan fingerprint density at radius 1 is 1.40 bits per heavy atom. The molecule has 20 heavy (non-hydrogen) atoms. The van der Waals surface area contributed by atoms with Crippen LogP contribution in [-0.4, -0.2) is 0 Å². The van der Waals surface area contributed by atoms with Crippen LogP contribution in [0.4, 0.5) is 4.39 Å². The fourth-order valence-electron chi connectivity index (χ4n) is 3.23. The maximum Gasteiger partial charge on any atom is 0.141 e. The van der Waals surface area contributed by atoms with Crippen molar-refractivity contribution >= 4 is 11.6 Å². The molecule has 0 heterocycles. The third-order valence-corrected chi connectivity index (χ3v) is 4.98. The van der Waals surface area contributed by atoms with Gasteiger partial charge in [0.15, 0.2) is 0 Å². The van der Waals surface area contributed by atoms with Crippen molar-refractivity contribution < 1.29 is 4.39 Å². The van der Waals surface area contributed by atoms with E-state index in [-0.39, 0.29) is 10.4 Å². The topological polar surface area (TPSA) is 23.8 Å². The van der Waals surface area contributed by atoms with Crippen molar-refractivity contribution in [3.63, 3.8) is 0 Å². The summed E-state index contributed by atoms with van der Waals surface area (Å²) in [7, 11) is 0. The summed E-state index contributed by atoms with van der Waals surface area (Å²) in [4.78, 5) is 0. The zero-order chi connectivity index (χ0) is 14.8. The Kier molecular flexibility index (Phi) is 4.70. The number of rotatable bonds is 3. The number of halogens is 2. The third kappa shape index (κ3) is 3.33. The molecule has 0 spiro atoms. The lowest BCUT2D eigenvalue weighted by molar-refractivity contribution is 0.175. The Morgan fingerprint density at radius 3 is 2.55 bits per heavy atom. The molecule has 0 atom stereocenters. The standard InChI is InChI=1S/C17H21ClFN/c1-12(2)14-5-7-17(11-20,8-6-14)10-13-3-4-16(19)15(18)9-13/h3-4,9,12,14H,5-8,10H2,1-2H3. The van der Waals surface area contributed by atoms with E-state index >= 15 is 0 Å². The first kappa shape index (κ1) is 15.3. The quantitative estimate of drug-likeness (QED) is 0.734. The molecule has 3 heteroatoms. The molecule has 1 aliphatic carbocycles. The molecular weight excluding hydrogens is 273 g/mol. The van der Waals surface area contributed by atoms with E-state index in [1.807, 2.05) is 0 Å². The SMILES string of the molecule is CC(C)C1CCC(C#N)(Cc2ccc(F)c(Cl)c2)CC1. The fraction of sp³-hybridized carbons (Fsp3) is 0.588. The van der Waals surface area contributed by atoms with Gasteiger partial charge in [-0.25, -0.2) is 4.39 Å². The Hall–Kier alpha value is -1.07. The lowest BCUT2D eigenvalue weighted by atomic mass is 9.66. The predicted octanol–water partition coefficient (Wildman–Crippen LogP) is 5.38. The molecule has 1 aromatic carbocycles. The van der Waals surface area contributed by atoms with Gasteiger partial charge in [-0.05, 0) is 61.6 Å². The van der Waals surface area contributed by atoms with E-state index in [2.05, 4.69) is 19.9 Å². The first-order chi connectivity index (χ1) is 9.46. The van der Waals surface area contributed by atoms with Crippen LogP contribution in [0.15, 0.2) is 18.2 Å². The van der Waals surface area contributed by atoms with Crippen LogP contribution in [0.25, 0.3) is 0 Å². The first-order valence-electron chi connectivity index (χ1n) is 7.31. The smallest absolute Gasteiger partial charge is 0.141 e. The Balaban J connectivity index is 2.10. The number of benzene rings is 1. The van der Waals surface area contributed by atoms with Crippen LogP contribution in [0.3, 0.4) is 0 Å². The summed E-state index contributed by atoms with van der Waals surface area (Å²) < 4.78 is 13.2. The first-order valence-corrected chi connectivity index (χ1v) is 7.69. The Morgan fingerprint density at radius 2 is 2.05 bits per heavy atom. The Labute approximate surface area is 125 Å². The van der Waals surface area contributed by atoms with Gasteiger partial charge >= 0.3 is 0 Å². The van der Waals surface area contributed by atoms with E-state index < -0.39 is 5.82 Å². The third-order valence-electron chi connectivity index (χ3n) is 4.69. The van der Waals surface area contributed by atoms with Gasteiger partial charge in [-0.2, -0.15) is 5.26 Å². The van der Waals surface area contributed by atoms with Gasteiger partial charge in [0.1, 0.15) is 5.82 Å². The molecule has 0 unspecified atom stereocenters. The predicted molar refractivity (Wildman–Crippen MR) is 80.0 cm³/mol. The van der Waals surface area contributed by atoms with E-state index in [0.717, 1.165) is 37.2 Å². The molecule has 1 nitrogen and oxygen atoms in total. The van der Waals surface area contributed by atoms with E-state index in [9.17, 15) is 9.65 Å². The molecule has 1 aliphatic rings. The van der Waals surface area contributed by atoms with Crippen molar-refractivity contribution in [2.45, 2.75) is 46.0 Å². The lowest BCUT2D eigenvalue weighted by Crippen LogP contribution is -2.30. The molecule has 2 rings (SSSR count). The van der Waals surface area contributed by atoms with E-state index in [0.29, 0.717) is 12.3 Å². The summed E-state index contributed by atoms with van der Waals surface area (Å²) >= 11 is 5.83. The van der Waals surface area contributed by atoms with Crippen LogP contribution in [0.2, 0.25) is 5.02 Å². The molecular formula is C17H21ClFN. The molecule has 108 valence electrons.